The van der Waals surface area contributed by atoms with Gasteiger partial charge in [-0.05, 0) is 62.9 Å². The normalized spacial score (nSPS) is 13.1. The molecule has 0 unspecified atom stereocenters. The Kier molecular flexibility index (Phi) is 11.8. The average molecular weight is 633 g/mol. The molecule has 43 heavy (non-hydrogen) atoms. The van der Waals surface area contributed by atoms with Crippen molar-refractivity contribution in [3.05, 3.63) is 90.5 Å². The molecule has 0 atom stereocenters. The van der Waals surface area contributed by atoms with Crippen molar-refractivity contribution in [1.29, 1.82) is 0 Å². The number of methoxy groups -OCH3 is 6. The predicted octanol–water partition coefficient (Wildman–Crippen LogP) is 2.71. The van der Waals surface area contributed by atoms with Crippen molar-refractivity contribution in [3.8, 4) is 34.5 Å². The van der Waals surface area contributed by atoms with E-state index in [1.807, 2.05) is 18.2 Å². The molecule has 0 bridgehead atoms. The molecule has 0 aliphatic rings. The second-order valence-corrected chi connectivity index (χ2v) is 15.9. The van der Waals surface area contributed by atoms with Gasteiger partial charge < -0.3 is 28.4 Å². The average Bonchev–Trinajstić information content (AvgIpc) is 3.07. The molecule has 0 aliphatic carbocycles. The highest BCUT2D eigenvalue weighted by Crippen LogP contribution is 2.38. The van der Waals surface area contributed by atoms with E-state index in [9.17, 15) is 0 Å². The Labute approximate surface area is 263 Å². The van der Waals surface area contributed by atoms with Crippen LogP contribution in [0, 0.1) is 0 Å². The van der Waals surface area contributed by atoms with E-state index in [0.29, 0.717) is 0 Å². The van der Waals surface area contributed by atoms with E-state index >= 15 is 0 Å². The van der Waals surface area contributed by atoms with Gasteiger partial charge in [0.25, 0.3) is 0 Å². The van der Waals surface area contributed by atoms with Crippen LogP contribution in [0.5, 0.6) is 34.5 Å². The fourth-order valence-electron chi connectivity index (χ4n) is 6.17. The van der Waals surface area contributed by atoms with Crippen molar-refractivity contribution in [1.82, 2.24) is 0 Å². The topological polar surface area (TPSA) is 55.4 Å². The maximum Gasteiger partial charge on any atom is 0.160 e. The van der Waals surface area contributed by atoms with Crippen molar-refractivity contribution in [3.63, 3.8) is 0 Å². The lowest BCUT2D eigenvalue weighted by molar-refractivity contribution is 0.357. The molecule has 0 saturated carbocycles. The van der Waals surface area contributed by atoms with Crippen LogP contribution in [-0.2, 0) is 5.41 Å². The monoisotopic (exact) mass is 632 g/mol. The zero-order valence-corrected chi connectivity index (χ0v) is 30.5. The Morgan fingerprint density at radius 1 is 0.419 bits per heavy atom. The lowest BCUT2D eigenvalue weighted by atomic mass is 9.86. The lowest BCUT2D eigenvalue weighted by Gasteiger charge is -2.36. The summed E-state index contributed by atoms with van der Waals surface area (Å²) in [6.07, 6.45) is 0. The summed E-state index contributed by atoms with van der Waals surface area (Å²) >= 11 is 0. The van der Waals surface area contributed by atoms with Crippen LogP contribution in [0.15, 0.2) is 84.9 Å². The molecule has 0 saturated heterocycles. The summed E-state index contributed by atoms with van der Waals surface area (Å²) in [5.74, 6) is 5.00. The molecule has 0 spiro atoms. The molecule has 228 valence electrons. The predicted molar refractivity (Wildman–Crippen MR) is 186 cm³/mol. The Hall–Kier alpha value is -3.67. The molecule has 4 aromatic rings. The number of ether oxygens (including phenoxy) is 6. The molecule has 0 N–H and O–H groups in total. The lowest BCUT2D eigenvalue weighted by Crippen LogP contribution is -2.37. The Balaban J connectivity index is 1.78. The smallest absolute Gasteiger partial charge is 0.160 e. The zero-order chi connectivity index (χ0) is 30.7. The van der Waals surface area contributed by atoms with Crippen molar-refractivity contribution in [2.24, 2.45) is 0 Å². The molecule has 0 aromatic heterocycles. The van der Waals surface area contributed by atoms with Gasteiger partial charge in [0.15, 0.2) is 34.5 Å². The second kappa shape index (κ2) is 15.7. The molecule has 0 aliphatic heterocycles. The van der Waals surface area contributed by atoms with Gasteiger partial charge in [0.05, 0.1) is 71.2 Å². The first-order valence-corrected chi connectivity index (χ1v) is 19.8. The molecule has 0 amide bonds. The highest BCUT2D eigenvalue weighted by molar-refractivity contribution is 6.59. The summed E-state index contributed by atoms with van der Waals surface area (Å²) in [5.41, 5.74) is 1.41. The molecule has 9 heteroatoms. The number of hydrogen-bond donors (Lipinski definition) is 0. The van der Waals surface area contributed by atoms with Crippen LogP contribution in [0.3, 0.4) is 0 Å². The van der Waals surface area contributed by atoms with Crippen LogP contribution in [0.2, 0.25) is 18.1 Å². The van der Waals surface area contributed by atoms with E-state index in [0.717, 1.165) is 52.6 Å². The molecule has 6 nitrogen and oxygen atoms in total. The molecule has 4 aromatic carbocycles. The quantitative estimate of drug-likeness (QED) is 0.177. The van der Waals surface area contributed by atoms with Gasteiger partial charge >= 0.3 is 0 Å². The van der Waals surface area contributed by atoms with Crippen LogP contribution in [0.4, 0.5) is 0 Å². The first-order chi connectivity index (χ1) is 21.0. The summed E-state index contributed by atoms with van der Waals surface area (Å²) in [7, 11) is 8.07. The number of hydrogen-bond acceptors (Lipinski definition) is 6. The summed E-state index contributed by atoms with van der Waals surface area (Å²) in [4.78, 5) is 0. The van der Waals surface area contributed by atoms with Crippen LogP contribution in [0.1, 0.15) is 5.56 Å². The van der Waals surface area contributed by atoms with Gasteiger partial charge in [-0.1, -0.05) is 66.7 Å². The zero-order valence-electron chi connectivity index (χ0n) is 26.3. The first-order valence-electron chi connectivity index (χ1n) is 14.7. The van der Waals surface area contributed by atoms with Gasteiger partial charge in [-0.3, -0.25) is 0 Å². The second-order valence-electron chi connectivity index (χ2n) is 10.6. The van der Waals surface area contributed by atoms with E-state index in [1.165, 1.54) is 21.1 Å². The van der Waals surface area contributed by atoms with E-state index in [2.05, 4.69) is 66.7 Å². The summed E-state index contributed by atoms with van der Waals surface area (Å²) < 4.78 is 34.6. The molecule has 0 fully saturated rings. The van der Waals surface area contributed by atoms with Crippen molar-refractivity contribution < 1.29 is 28.4 Å². The number of benzene rings is 4. The third-order valence-corrected chi connectivity index (χ3v) is 15.4. The highest BCUT2D eigenvalue weighted by Gasteiger charge is 2.33. The fourth-order valence-corrected chi connectivity index (χ4v) is 14.8. The van der Waals surface area contributed by atoms with E-state index in [1.54, 1.807) is 42.7 Å². The molecule has 0 heterocycles. The van der Waals surface area contributed by atoms with Crippen molar-refractivity contribution >= 4 is 44.1 Å². The number of para-hydroxylation sites is 3. The minimum absolute atomic E-state index is 0.00217. The minimum Gasteiger partial charge on any atom is -0.493 e. The maximum absolute atomic E-state index is 5.87. The summed E-state index contributed by atoms with van der Waals surface area (Å²) in [6, 6.07) is 33.3. The van der Waals surface area contributed by atoms with Gasteiger partial charge in [-0.2, -0.15) is 0 Å². The third-order valence-electron chi connectivity index (χ3n) is 8.46. The SMILES string of the molecule is COc1cccc([SiH2]CC(C[SiH2]c2cccc(OC)c2OC)(C[SiH2]c2cccc(OC)c2OC)c2ccccc2)c1OC. The number of rotatable bonds is 16. The van der Waals surface area contributed by atoms with Crippen LogP contribution in [-0.4, -0.2) is 71.2 Å². The van der Waals surface area contributed by atoms with E-state index in [4.69, 9.17) is 28.4 Å². The van der Waals surface area contributed by atoms with Crippen molar-refractivity contribution in [2.45, 2.75) is 23.5 Å². The van der Waals surface area contributed by atoms with Gasteiger partial charge in [-0.25, -0.2) is 0 Å². The van der Waals surface area contributed by atoms with Crippen LogP contribution < -0.4 is 44.0 Å². The Morgan fingerprint density at radius 3 is 1.07 bits per heavy atom. The Morgan fingerprint density at radius 2 is 0.767 bits per heavy atom. The van der Waals surface area contributed by atoms with Gasteiger partial charge in [0.2, 0.25) is 0 Å². The molecule has 0 radical (unpaired) electrons. The van der Waals surface area contributed by atoms with E-state index < -0.39 is 28.6 Å². The standard InChI is InChI=1S/C34H44O6Si3/c1-35-25-15-10-18-28(31(25)38-4)41-21-34(24-13-8-7-9-14-24,22-42-29-19-11-16-26(36-2)32(29)39-5)23-43-30-20-12-17-27(37-3)33(30)40-6/h7-20H,21-23,41-43H2,1-6H3. The summed E-state index contributed by atoms with van der Waals surface area (Å²) in [5, 5.41) is 3.88. The van der Waals surface area contributed by atoms with Gasteiger partial charge in [-0.15, -0.1) is 0 Å². The van der Waals surface area contributed by atoms with Crippen LogP contribution in [0.25, 0.3) is 0 Å². The maximum atomic E-state index is 5.87. The molecular weight excluding hydrogens is 589 g/mol. The summed E-state index contributed by atoms with van der Waals surface area (Å²) in [6.45, 7) is 0. The largest absolute Gasteiger partial charge is 0.493 e. The fraction of sp³-hybridized carbons (Fsp3) is 0.294. The molecule has 4 rings (SSSR count). The Bertz CT molecular complexity index is 1320. The first kappa shape index (κ1) is 32.2. The molecular formula is C34H44O6Si3. The third kappa shape index (κ3) is 7.46. The van der Waals surface area contributed by atoms with E-state index in [-0.39, 0.29) is 5.41 Å². The van der Waals surface area contributed by atoms with Crippen LogP contribution >= 0.6 is 0 Å². The highest BCUT2D eigenvalue weighted by atomic mass is 28.2. The van der Waals surface area contributed by atoms with Gasteiger partial charge in [0, 0.05) is 0 Å². The van der Waals surface area contributed by atoms with Crippen molar-refractivity contribution in [2.75, 3.05) is 42.7 Å². The van der Waals surface area contributed by atoms with Gasteiger partial charge in [0.1, 0.15) is 0 Å². The minimum atomic E-state index is -0.757.